The summed E-state index contributed by atoms with van der Waals surface area (Å²) in [5.74, 6) is 0. The third kappa shape index (κ3) is 5.39. The van der Waals surface area contributed by atoms with Crippen molar-refractivity contribution in [1.82, 2.24) is 9.80 Å². The predicted octanol–water partition coefficient (Wildman–Crippen LogP) is 2.79. The first-order valence-corrected chi connectivity index (χ1v) is 9.60. The molecule has 0 spiro atoms. The van der Waals surface area contributed by atoms with E-state index in [1.807, 2.05) is 36.4 Å². The van der Waals surface area contributed by atoms with E-state index in [1.165, 1.54) is 0 Å². The number of likely N-dealkylation sites (N-methyl/N-ethyl adjacent to an activating group) is 1. The van der Waals surface area contributed by atoms with E-state index >= 15 is 0 Å². The summed E-state index contributed by atoms with van der Waals surface area (Å²) in [5, 5.41) is 10.5. The highest BCUT2D eigenvalue weighted by molar-refractivity contribution is 5.29. The van der Waals surface area contributed by atoms with Gasteiger partial charge in [-0.25, -0.2) is 0 Å². The van der Waals surface area contributed by atoms with Crippen LogP contribution in [0.25, 0.3) is 0 Å². The first-order chi connectivity index (χ1) is 12.8. The Morgan fingerprint density at radius 2 is 1.35 bits per heavy atom. The smallest absolute Gasteiger partial charge is 0.108 e. The zero-order chi connectivity index (χ0) is 18.2. The maximum atomic E-state index is 10.5. The van der Waals surface area contributed by atoms with Gasteiger partial charge in [-0.3, -0.25) is 4.90 Å². The molecular formula is C22H30N2O2. The number of hydrogen-bond donors (Lipinski definition) is 1. The summed E-state index contributed by atoms with van der Waals surface area (Å²) in [6, 6.07) is 20.4. The fourth-order valence-electron chi connectivity index (χ4n) is 3.49. The van der Waals surface area contributed by atoms with Crippen LogP contribution in [-0.2, 0) is 4.74 Å². The van der Waals surface area contributed by atoms with E-state index in [2.05, 4.69) is 41.0 Å². The summed E-state index contributed by atoms with van der Waals surface area (Å²) in [5.41, 5.74) is 2.23. The average Bonchev–Trinajstić information content (AvgIpc) is 2.70. The van der Waals surface area contributed by atoms with E-state index in [1.54, 1.807) is 0 Å². The summed E-state index contributed by atoms with van der Waals surface area (Å²) in [4.78, 5) is 4.78. The first kappa shape index (κ1) is 19.1. The van der Waals surface area contributed by atoms with Crippen LogP contribution in [0.4, 0.5) is 0 Å². The molecule has 1 aliphatic rings. The number of aliphatic hydroxyl groups excluding tert-OH is 1. The second kappa shape index (κ2) is 9.83. The topological polar surface area (TPSA) is 35.9 Å². The van der Waals surface area contributed by atoms with E-state index in [0.717, 1.165) is 43.9 Å². The van der Waals surface area contributed by atoms with Crippen molar-refractivity contribution in [2.45, 2.75) is 19.1 Å². The maximum absolute atomic E-state index is 10.5. The molecule has 0 unspecified atom stereocenters. The number of rotatable bonds is 8. The van der Waals surface area contributed by atoms with Crippen molar-refractivity contribution in [3.63, 3.8) is 0 Å². The molecule has 26 heavy (non-hydrogen) atoms. The van der Waals surface area contributed by atoms with E-state index in [9.17, 15) is 5.11 Å². The van der Waals surface area contributed by atoms with Crippen LogP contribution in [0.15, 0.2) is 60.7 Å². The number of benzene rings is 2. The number of nitrogens with zero attached hydrogens (tertiary/aromatic N) is 2. The first-order valence-electron chi connectivity index (χ1n) is 9.60. The molecule has 0 saturated carbocycles. The minimum Gasteiger partial charge on any atom is -0.389 e. The molecule has 1 N–H and O–H groups in total. The summed E-state index contributed by atoms with van der Waals surface area (Å²) < 4.78 is 6.17. The van der Waals surface area contributed by atoms with Gasteiger partial charge < -0.3 is 14.7 Å². The van der Waals surface area contributed by atoms with Gasteiger partial charge in [0, 0.05) is 32.7 Å². The molecule has 0 amide bonds. The molecule has 140 valence electrons. The van der Waals surface area contributed by atoms with Crippen molar-refractivity contribution in [2.24, 2.45) is 0 Å². The molecule has 0 aromatic heterocycles. The molecule has 2 aromatic carbocycles. The van der Waals surface area contributed by atoms with Gasteiger partial charge in [0.25, 0.3) is 0 Å². The van der Waals surface area contributed by atoms with Gasteiger partial charge in [-0.15, -0.1) is 0 Å². The van der Waals surface area contributed by atoms with Gasteiger partial charge in [0.1, 0.15) is 6.10 Å². The van der Waals surface area contributed by atoms with Crippen LogP contribution in [0.2, 0.25) is 0 Å². The Balaban J connectivity index is 1.56. The van der Waals surface area contributed by atoms with Crippen molar-refractivity contribution >= 4 is 0 Å². The zero-order valence-electron chi connectivity index (χ0n) is 15.6. The van der Waals surface area contributed by atoms with Crippen LogP contribution in [-0.4, -0.2) is 66.9 Å². The monoisotopic (exact) mass is 354 g/mol. The van der Waals surface area contributed by atoms with Crippen molar-refractivity contribution in [3.05, 3.63) is 71.8 Å². The Kier molecular flexibility index (Phi) is 7.21. The van der Waals surface area contributed by atoms with E-state index in [0.29, 0.717) is 13.2 Å². The highest BCUT2D eigenvalue weighted by Crippen LogP contribution is 2.25. The second-order valence-corrected chi connectivity index (χ2v) is 6.92. The minimum absolute atomic E-state index is 0.149. The average molecular weight is 354 g/mol. The van der Waals surface area contributed by atoms with Crippen LogP contribution in [0.1, 0.15) is 24.2 Å². The maximum Gasteiger partial charge on any atom is 0.108 e. The molecule has 2 aromatic rings. The Hall–Kier alpha value is -1.72. The standard InChI is InChI=1S/C22H30N2O2/c1-2-23-13-15-24(16-14-23)17-21(25)18-26-22(19-9-5-3-6-10-19)20-11-7-4-8-12-20/h3-12,21-22,25H,2,13-18H2,1H3/t21-/m0/s1. The highest BCUT2D eigenvalue weighted by atomic mass is 16.5. The summed E-state index contributed by atoms with van der Waals surface area (Å²) in [7, 11) is 0. The lowest BCUT2D eigenvalue weighted by Gasteiger charge is -2.35. The predicted molar refractivity (Wildman–Crippen MR) is 105 cm³/mol. The molecule has 4 heteroatoms. The fourth-order valence-corrected chi connectivity index (χ4v) is 3.49. The third-order valence-corrected chi connectivity index (χ3v) is 5.04. The number of aliphatic hydroxyl groups is 1. The summed E-state index contributed by atoms with van der Waals surface area (Å²) >= 11 is 0. The van der Waals surface area contributed by atoms with Gasteiger partial charge in [-0.05, 0) is 17.7 Å². The molecular weight excluding hydrogens is 324 g/mol. The SMILES string of the molecule is CCN1CCN(C[C@H](O)COC(c2ccccc2)c2ccccc2)CC1. The fraction of sp³-hybridized carbons (Fsp3) is 0.455. The lowest BCUT2D eigenvalue weighted by molar-refractivity contribution is -0.0142. The van der Waals surface area contributed by atoms with Crippen LogP contribution < -0.4 is 0 Å². The van der Waals surface area contributed by atoms with Gasteiger partial charge in [0.05, 0.1) is 12.7 Å². The van der Waals surface area contributed by atoms with Gasteiger partial charge >= 0.3 is 0 Å². The van der Waals surface area contributed by atoms with E-state index in [-0.39, 0.29) is 6.10 Å². The van der Waals surface area contributed by atoms with Crippen LogP contribution in [0.5, 0.6) is 0 Å². The number of ether oxygens (including phenoxy) is 1. The quantitative estimate of drug-likeness (QED) is 0.791. The van der Waals surface area contributed by atoms with Gasteiger partial charge in [-0.2, -0.15) is 0 Å². The van der Waals surface area contributed by atoms with Crippen molar-refractivity contribution < 1.29 is 9.84 Å². The number of β-amino-alcohol motifs (C(OH)–C–C–N with tert-alkyl or cyclic N) is 1. The molecule has 1 heterocycles. The Bertz CT molecular complexity index is 588. The molecule has 1 saturated heterocycles. The molecule has 0 aliphatic carbocycles. The lowest BCUT2D eigenvalue weighted by atomic mass is 10.0. The van der Waals surface area contributed by atoms with Crippen LogP contribution in [0.3, 0.4) is 0 Å². The molecule has 0 bridgehead atoms. The van der Waals surface area contributed by atoms with Crippen LogP contribution in [0, 0.1) is 0 Å². The second-order valence-electron chi connectivity index (χ2n) is 6.92. The summed E-state index contributed by atoms with van der Waals surface area (Å²) in [6.45, 7) is 8.52. The van der Waals surface area contributed by atoms with Crippen LogP contribution >= 0.6 is 0 Å². The van der Waals surface area contributed by atoms with Gasteiger partial charge in [0.2, 0.25) is 0 Å². The van der Waals surface area contributed by atoms with Crippen molar-refractivity contribution in [1.29, 1.82) is 0 Å². The molecule has 1 atom stereocenters. The molecule has 1 aliphatic heterocycles. The van der Waals surface area contributed by atoms with E-state index < -0.39 is 6.10 Å². The summed E-state index contributed by atoms with van der Waals surface area (Å²) in [6.07, 6.45) is -0.623. The Morgan fingerprint density at radius 1 is 0.846 bits per heavy atom. The minimum atomic E-state index is -0.474. The van der Waals surface area contributed by atoms with Crippen molar-refractivity contribution in [2.75, 3.05) is 45.9 Å². The Morgan fingerprint density at radius 3 is 1.85 bits per heavy atom. The molecule has 0 radical (unpaired) electrons. The number of hydrogen-bond acceptors (Lipinski definition) is 4. The van der Waals surface area contributed by atoms with Gasteiger partial charge in [-0.1, -0.05) is 67.6 Å². The third-order valence-electron chi connectivity index (χ3n) is 5.04. The molecule has 1 fully saturated rings. The molecule has 3 rings (SSSR count). The largest absolute Gasteiger partial charge is 0.389 e. The highest BCUT2D eigenvalue weighted by Gasteiger charge is 2.20. The van der Waals surface area contributed by atoms with E-state index in [4.69, 9.17) is 4.74 Å². The number of piperazine rings is 1. The molecule has 4 nitrogen and oxygen atoms in total. The lowest BCUT2D eigenvalue weighted by Crippen LogP contribution is -2.48. The van der Waals surface area contributed by atoms with Crippen molar-refractivity contribution in [3.8, 4) is 0 Å². The Labute approximate surface area is 157 Å². The van der Waals surface area contributed by atoms with Gasteiger partial charge in [0.15, 0.2) is 0 Å². The zero-order valence-corrected chi connectivity index (χ0v) is 15.6. The normalized spacial score (nSPS) is 17.5.